The molecule has 0 aromatic heterocycles. The molecule has 20 heavy (non-hydrogen) atoms. The van der Waals surface area contributed by atoms with Gasteiger partial charge in [0.15, 0.2) is 0 Å². The number of hydrogen-bond donors (Lipinski definition) is 2. The second-order valence-electron chi connectivity index (χ2n) is 4.07. The normalized spacial score (nSPS) is 10.1. The largest absolute Gasteiger partial charge is 0.519 e. The zero-order valence-electron chi connectivity index (χ0n) is 10.7. The second-order valence-corrected chi connectivity index (χ2v) is 4.07. The van der Waals surface area contributed by atoms with E-state index in [1.807, 2.05) is 0 Å². The number of aliphatic hydroxyl groups excluding tert-OH is 2. The van der Waals surface area contributed by atoms with Gasteiger partial charge in [-0.1, -0.05) is 24.3 Å². The molecule has 0 bridgehead atoms. The van der Waals surface area contributed by atoms with Gasteiger partial charge in [-0.2, -0.15) is 0 Å². The maximum atomic E-state index is 11.6. The van der Waals surface area contributed by atoms with Crippen LogP contribution in [0.25, 0.3) is 0 Å². The summed E-state index contributed by atoms with van der Waals surface area (Å²) in [6.07, 6.45) is -0.879. The molecule has 2 aromatic carbocycles. The number of carbonyl (C=O) groups is 1. The first kappa shape index (κ1) is 14.0. The van der Waals surface area contributed by atoms with Crippen LogP contribution in [0.5, 0.6) is 11.5 Å². The van der Waals surface area contributed by atoms with Gasteiger partial charge in [-0.25, -0.2) is 4.79 Å². The molecule has 0 amide bonds. The first-order valence-corrected chi connectivity index (χ1v) is 6.00. The van der Waals surface area contributed by atoms with E-state index in [0.717, 1.165) is 0 Å². The van der Waals surface area contributed by atoms with E-state index in [4.69, 9.17) is 19.7 Å². The van der Waals surface area contributed by atoms with Crippen LogP contribution in [-0.2, 0) is 13.2 Å². The smallest absolute Gasteiger partial charge is 0.395 e. The lowest BCUT2D eigenvalue weighted by atomic mass is 10.2. The monoisotopic (exact) mass is 274 g/mol. The third kappa shape index (κ3) is 3.81. The van der Waals surface area contributed by atoms with Gasteiger partial charge in [0.2, 0.25) is 0 Å². The zero-order valence-corrected chi connectivity index (χ0v) is 10.7. The third-order valence-corrected chi connectivity index (χ3v) is 2.56. The highest BCUT2D eigenvalue weighted by Crippen LogP contribution is 2.17. The molecule has 2 rings (SSSR count). The average Bonchev–Trinajstić information content (AvgIpc) is 2.47. The van der Waals surface area contributed by atoms with E-state index in [-0.39, 0.29) is 13.2 Å². The predicted molar refractivity (Wildman–Crippen MR) is 71.4 cm³/mol. The van der Waals surface area contributed by atoms with E-state index in [1.165, 1.54) is 0 Å². The summed E-state index contributed by atoms with van der Waals surface area (Å²) in [5, 5.41) is 18.0. The second kappa shape index (κ2) is 6.70. The van der Waals surface area contributed by atoms with Crippen molar-refractivity contribution in [2.75, 3.05) is 0 Å². The first-order valence-electron chi connectivity index (χ1n) is 6.00. The predicted octanol–water partition coefficient (Wildman–Crippen LogP) is 2.25. The summed E-state index contributed by atoms with van der Waals surface area (Å²) in [6.45, 7) is -0.268. The lowest BCUT2D eigenvalue weighted by Crippen LogP contribution is -2.14. The van der Waals surface area contributed by atoms with Crippen molar-refractivity contribution in [2.45, 2.75) is 13.2 Å². The number of benzene rings is 2. The van der Waals surface area contributed by atoms with E-state index in [0.29, 0.717) is 22.6 Å². The van der Waals surface area contributed by atoms with Crippen molar-refractivity contribution in [3.05, 3.63) is 59.7 Å². The van der Waals surface area contributed by atoms with Gasteiger partial charge in [-0.15, -0.1) is 0 Å². The minimum absolute atomic E-state index is 0.134. The first-order chi connectivity index (χ1) is 9.71. The van der Waals surface area contributed by atoms with Gasteiger partial charge >= 0.3 is 6.16 Å². The molecule has 5 heteroatoms. The van der Waals surface area contributed by atoms with Crippen LogP contribution in [0.4, 0.5) is 4.79 Å². The molecule has 0 radical (unpaired) electrons. The molecule has 0 aliphatic carbocycles. The van der Waals surface area contributed by atoms with E-state index < -0.39 is 6.16 Å². The summed E-state index contributed by atoms with van der Waals surface area (Å²) < 4.78 is 10.00. The van der Waals surface area contributed by atoms with E-state index in [9.17, 15) is 4.79 Å². The average molecular weight is 274 g/mol. The fourth-order valence-electron chi connectivity index (χ4n) is 1.63. The van der Waals surface area contributed by atoms with Crippen LogP contribution in [-0.4, -0.2) is 16.4 Å². The quantitative estimate of drug-likeness (QED) is 0.660. The van der Waals surface area contributed by atoms with Crippen LogP contribution in [0.3, 0.4) is 0 Å². The Balaban J connectivity index is 2.01. The highest BCUT2D eigenvalue weighted by Gasteiger charge is 2.08. The molecule has 0 fully saturated rings. The Labute approximate surface area is 116 Å². The molecule has 0 aliphatic rings. The molecule has 0 saturated heterocycles. The highest BCUT2D eigenvalue weighted by molar-refractivity contribution is 5.67. The van der Waals surface area contributed by atoms with Gasteiger partial charge in [0.1, 0.15) is 11.5 Å². The Hall–Kier alpha value is -2.37. The Morgan fingerprint density at radius 3 is 1.70 bits per heavy atom. The molecule has 5 nitrogen and oxygen atoms in total. The lowest BCUT2D eigenvalue weighted by molar-refractivity contribution is 0.151. The number of ether oxygens (including phenoxy) is 2. The summed E-state index contributed by atoms with van der Waals surface area (Å²) in [7, 11) is 0. The van der Waals surface area contributed by atoms with Crippen LogP contribution in [0, 0.1) is 0 Å². The third-order valence-electron chi connectivity index (χ3n) is 2.56. The van der Waals surface area contributed by atoms with Crippen molar-refractivity contribution in [2.24, 2.45) is 0 Å². The van der Waals surface area contributed by atoms with Crippen molar-refractivity contribution in [3.8, 4) is 11.5 Å². The minimum atomic E-state index is -0.879. The standard InChI is InChI=1S/C15H14O5/c16-9-11-3-1-5-13(7-11)19-15(18)20-14-6-2-4-12(8-14)10-17/h1-8,16-17H,9-10H2. The summed E-state index contributed by atoms with van der Waals surface area (Å²) in [5.74, 6) is 0.583. The molecule has 0 heterocycles. The summed E-state index contributed by atoms with van der Waals surface area (Å²) in [5.41, 5.74) is 1.27. The SMILES string of the molecule is O=C(Oc1cccc(CO)c1)Oc1cccc(CO)c1. The Bertz CT molecular complexity index is 543. The van der Waals surface area contributed by atoms with E-state index in [1.54, 1.807) is 48.5 Å². The Kier molecular flexibility index (Phi) is 4.70. The lowest BCUT2D eigenvalue weighted by Gasteiger charge is -2.07. The van der Waals surface area contributed by atoms with Crippen molar-refractivity contribution in [1.29, 1.82) is 0 Å². The summed E-state index contributed by atoms with van der Waals surface area (Å²) in [4.78, 5) is 11.6. The molecular formula is C15H14O5. The zero-order chi connectivity index (χ0) is 14.4. The van der Waals surface area contributed by atoms with Gasteiger partial charge in [-0.3, -0.25) is 0 Å². The van der Waals surface area contributed by atoms with Gasteiger partial charge in [0.05, 0.1) is 13.2 Å². The molecule has 2 aromatic rings. The fraction of sp³-hybridized carbons (Fsp3) is 0.133. The van der Waals surface area contributed by atoms with Gasteiger partial charge in [-0.05, 0) is 35.4 Å². The molecular weight excluding hydrogens is 260 g/mol. The molecule has 0 aliphatic heterocycles. The Morgan fingerprint density at radius 2 is 1.30 bits per heavy atom. The molecule has 0 atom stereocenters. The minimum Gasteiger partial charge on any atom is -0.395 e. The van der Waals surface area contributed by atoms with Crippen molar-refractivity contribution in [1.82, 2.24) is 0 Å². The van der Waals surface area contributed by atoms with E-state index >= 15 is 0 Å². The molecule has 0 unspecified atom stereocenters. The number of carbonyl (C=O) groups excluding carboxylic acids is 1. The van der Waals surface area contributed by atoms with Gasteiger partial charge in [0, 0.05) is 0 Å². The highest BCUT2D eigenvalue weighted by atomic mass is 16.7. The summed E-state index contributed by atoms with van der Waals surface area (Å²) in [6, 6.07) is 13.0. The van der Waals surface area contributed by atoms with Crippen LogP contribution in [0.15, 0.2) is 48.5 Å². The number of hydrogen-bond acceptors (Lipinski definition) is 5. The van der Waals surface area contributed by atoms with Gasteiger partial charge in [0.25, 0.3) is 0 Å². The van der Waals surface area contributed by atoms with Crippen molar-refractivity contribution >= 4 is 6.16 Å². The van der Waals surface area contributed by atoms with Gasteiger partial charge < -0.3 is 19.7 Å². The molecule has 2 N–H and O–H groups in total. The van der Waals surface area contributed by atoms with Crippen LogP contribution in [0.1, 0.15) is 11.1 Å². The number of rotatable bonds is 4. The maximum Gasteiger partial charge on any atom is 0.519 e. The molecule has 104 valence electrons. The van der Waals surface area contributed by atoms with Crippen molar-refractivity contribution in [3.63, 3.8) is 0 Å². The maximum absolute atomic E-state index is 11.6. The van der Waals surface area contributed by atoms with E-state index in [2.05, 4.69) is 0 Å². The summed E-state index contributed by atoms with van der Waals surface area (Å²) >= 11 is 0. The van der Waals surface area contributed by atoms with Crippen LogP contribution < -0.4 is 9.47 Å². The topological polar surface area (TPSA) is 76.0 Å². The van der Waals surface area contributed by atoms with Crippen LogP contribution in [0.2, 0.25) is 0 Å². The van der Waals surface area contributed by atoms with Crippen LogP contribution >= 0.6 is 0 Å². The molecule has 0 saturated carbocycles. The van der Waals surface area contributed by atoms with Crippen molar-refractivity contribution < 1.29 is 24.5 Å². The number of aliphatic hydroxyl groups is 2. The fourth-order valence-corrected chi connectivity index (χ4v) is 1.63. The molecule has 0 spiro atoms. The Morgan fingerprint density at radius 1 is 0.850 bits per heavy atom.